The monoisotopic (exact) mass is 515 g/mol. The van der Waals surface area contributed by atoms with Crippen LogP contribution in [0.3, 0.4) is 0 Å². The van der Waals surface area contributed by atoms with Crippen molar-refractivity contribution in [1.82, 2.24) is 10.3 Å². The lowest BCUT2D eigenvalue weighted by Crippen LogP contribution is -2.26. The second kappa shape index (κ2) is 12.7. The highest BCUT2D eigenvalue weighted by molar-refractivity contribution is 7.14. The van der Waals surface area contributed by atoms with Crippen molar-refractivity contribution in [3.05, 3.63) is 101 Å². The number of para-hydroxylation sites is 1. The number of hydrogen-bond acceptors (Lipinski definition) is 6. The molecule has 7 nitrogen and oxygen atoms in total. The van der Waals surface area contributed by atoms with Crippen molar-refractivity contribution in [3.63, 3.8) is 0 Å². The second-order valence-electron chi connectivity index (χ2n) is 8.47. The van der Waals surface area contributed by atoms with Crippen LogP contribution in [0.15, 0.2) is 84.2 Å². The first-order valence-corrected chi connectivity index (χ1v) is 12.9. The highest BCUT2D eigenvalue weighted by atomic mass is 32.1. The third-order valence-corrected chi connectivity index (χ3v) is 6.77. The van der Waals surface area contributed by atoms with E-state index in [4.69, 9.17) is 14.8 Å². The number of carboxylic acid groups (broad SMARTS) is 1. The lowest BCUT2D eigenvalue weighted by Gasteiger charge is -2.22. The summed E-state index contributed by atoms with van der Waals surface area (Å²) in [4.78, 5) is 30.2. The van der Waals surface area contributed by atoms with E-state index in [1.807, 2.05) is 60.0 Å². The molecule has 1 heterocycles. The van der Waals surface area contributed by atoms with Crippen molar-refractivity contribution in [3.8, 4) is 17.0 Å². The van der Waals surface area contributed by atoms with Gasteiger partial charge >= 0.3 is 5.97 Å². The molecule has 0 fully saturated rings. The van der Waals surface area contributed by atoms with E-state index in [0.717, 1.165) is 40.7 Å². The summed E-state index contributed by atoms with van der Waals surface area (Å²) in [6.45, 7) is 1.51. The normalized spacial score (nSPS) is 10.6. The molecule has 4 rings (SSSR count). The SMILES string of the molecule is COc1ccccc1-c1csc(N(CCc2ccccc2)Cc2ccc(C(=O)NCCC(=O)O)cc2)n1. The van der Waals surface area contributed by atoms with E-state index in [2.05, 4.69) is 22.3 Å². The number of nitrogens with zero attached hydrogens (tertiary/aromatic N) is 2. The van der Waals surface area contributed by atoms with Crippen LogP contribution in [0.25, 0.3) is 11.3 Å². The number of benzene rings is 3. The van der Waals surface area contributed by atoms with Crippen LogP contribution in [-0.4, -0.2) is 42.2 Å². The third kappa shape index (κ3) is 7.17. The van der Waals surface area contributed by atoms with Crippen molar-refractivity contribution in [2.45, 2.75) is 19.4 Å². The molecule has 37 heavy (non-hydrogen) atoms. The predicted octanol–water partition coefficient (Wildman–Crippen LogP) is 5.27. The van der Waals surface area contributed by atoms with Gasteiger partial charge in [0.1, 0.15) is 5.75 Å². The van der Waals surface area contributed by atoms with Crippen LogP contribution in [0.1, 0.15) is 27.9 Å². The molecule has 0 unspecified atom stereocenters. The van der Waals surface area contributed by atoms with Gasteiger partial charge < -0.3 is 20.1 Å². The number of amides is 1. The Labute approximate surface area is 220 Å². The summed E-state index contributed by atoms with van der Waals surface area (Å²) in [6, 6.07) is 25.6. The van der Waals surface area contributed by atoms with Gasteiger partial charge in [0.05, 0.1) is 19.2 Å². The maximum Gasteiger partial charge on any atom is 0.305 e. The van der Waals surface area contributed by atoms with Crippen LogP contribution in [0.4, 0.5) is 5.13 Å². The van der Waals surface area contributed by atoms with E-state index in [-0.39, 0.29) is 18.9 Å². The highest BCUT2D eigenvalue weighted by Gasteiger charge is 2.16. The topological polar surface area (TPSA) is 91.8 Å². The number of carbonyl (C=O) groups is 2. The number of thiazole rings is 1. The Balaban J connectivity index is 1.51. The summed E-state index contributed by atoms with van der Waals surface area (Å²) in [5.74, 6) is -0.440. The first kappa shape index (κ1) is 25.9. The molecule has 2 N–H and O–H groups in total. The number of carbonyl (C=O) groups excluding carboxylic acids is 1. The van der Waals surface area contributed by atoms with E-state index < -0.39 is 5.97 Å². The lowest BCUT2D eigenvalue weighted by molar-refractivity contribution is -0.136. The molecule has 0 atom stereocenters. The van der Waals surface area contributed by atoms with Gasteiger partial charge in [0.25, 0.3) is 5.91 Å². The Morgan fingerprint density at radius 3 is 2.43 bits per heavy atom. The van der Waals surface area contributed by atoms with Crippen molar-refractivity contribution >= 4 is 28.3 Å². The van der Waals surface area contributed by atoms with Gasteiger partial charge in [-0.2, -0.15) is 0 Å². The van der Waals surface area contributed by atoms with E-state index in [1.165, 1.54) is 5.56 Å². The molecule has 0 spiro atoms. The van der Waals surface area contributed by atoms with Crippen LogP contribution in [0, 0.1) is 0 Å². The molecule has 0 bridgehead atoms. The number of aliphatic carboxylic acids is 1. The molecular formula is C29H29N3O4S. The zero-order valence-electron chi connectivity index (χ0n) is 20.6. The Kier molecular flexibility index (Phi) is 8.89. The maximum atomic E-state index is 12.3. The number of carboxylic acids is 1. The van der Waals surface area contributed by atoms with Gasteiger partial charge in [0, 0.05) is 36.1 Å². The molecule has 1 aromatic heterocycles. The molecule has 190 valence electrons. The number of anilines is 1. The van der Waals surface area contributed by atoms with Crippen LogP contribution in [0.2, 0.25) is 0 Å². The zero-order valence-corrected chi connectivity index (χ0v) is 21.4. The largest absolute Gasteiger partial charge is 0.496 e. The molecular weight excluding hydrogens is 486 g/mol. The van der Waals surface area contributed by atoms with Gasteiger partial charge in [-0.3, -0.25) is 9.59 Å². The van der Waals surface area contributed by atoms with Crippen molar-refractivity contribution in [2.24, 2.45) is 0 Å². The third-order valence-electron chi connectivity index (χ3n) is 5.87. The fourth-order valence-electron chi connectivity index (χ4n) is 3.91. The molecule has 0 aliphatic rings. The minimum atomic E-state index is -0.942. The summed E-state index contributed by atoms with van der Waals surface area (Å²) in [5, 5.41) is 14.3. The van der Waals surface area contributed by atoms with E-state index >= 15 is 0 Å². The van der Waals surface area contributed by atoms with Crippen LogP contribution in [-0.2, 0) is 17.8 Å². The van der Waals surface area contributed by atoms with Crippen molar-refractivity contribution in [1.29, 1.82) is 0 Å². The molecule has 0 radical (unpaired) electrons. The van der Waals surface area contributed by atoms with Gasteiger partial charge in [-0.25, -0.2) is 4.98 Å². The van der Waals surface area contributed by atoms with Gasteiger partial charge in [0.15, 0.2) is 5.13 Å². The van der Waals surface area contributed by atoms with E-state index in [1.54, 1.807) is 30.6 Å². The molecule has 3 aromatic carbocycles. The summed E-state index contributed by atoms with van der Waals surface area (Å²) in [5.41, 5.74) is 4.62. The number of hydrogen-bond donors (Lipinski definition) is 2. The minimum Gasteiger partial charge on any atom is -0.496 e. The number of ether oxygens (including phenoxy) is 1. The number of aromatic nitrogens is 1. The first-order chi connectivity index (χ1) is 18.0. The van der Waals surface area contributed by atoms with Crippen LogP contribution < -0.4 is 15.0 Å². The van der Waals surface area contributed by atoms with E-state index in [0.29, 0.717) is 12.1 Å². The Bertz CT molecular complexity index is 1320. The maximum absolute atomic E-state index is 12.3. The fraction of sp³-hybridized carbons (Fsp3) is 0.207. The molecule has 0 saturated heterocycles. The Hall–Kier alpha value is -4.17. The van der Waals surface area contributed by atoms with Crippen molar-refractivity contribution in [2.75, 3.05) is 25.1 Å². The smallest absolute Gasteiger partial charge is 0.305 e. The first-order valence-electron chi connectivity index (χ1n) is 12.0. The standard InChI is InChI=1S/C29H29N3O4S/c1-36-26-10-6-5-9-24(26)25-20-37-29(31-25)32(18-16-21-7-3-2-4-8-21)19-22-11-13-23(14-12-22)28(35)30-17-15-27(33)34/h2-14,20H,15-19H2,1H3,(H,30,35)(H,33,34). The minimum absolute atomic E-state index is 0.0990. The molecule has 0 aliphatic heterocycles. The summed E-state index contributed by atoms with van der Waals surface area (Å²) >= 11 is 1.59. The van der Waals surface area contributed by atoms with Crippen LogP contribution in [0.5, 0.6) is 5.75 Å². The Morgan fingerprint density at radius 1 is 0.973 bits per heavy atom. The summed E-state index contributed by atoms with van der Waals surface area (Å²) in [6.07, 6.45) is 0.763. The molecule has 1 amide bonds. The molecule has 0 saturated carbocycles. The quantitative estimate of drug-likeness (QED) is 0.267. The lowest BCUT2D eigenvalue weighted by atomic mass is 10.1. The molecule has 8 heteroatoms. The van der Waals surface area contributed by atoms with Crippen LogP contribution >= 0.6 is 11.3 Å². The van der Waals surface area contributed by atoms with Gasteiger partial charge in [-0.15, -0.1) is 11.3 Å². The fourth-order valence-corrected chi connectivity index (χ4v) is 4.76. The molecule has 4 aromatic rings. The number of methoxy groups -OCH3 is 1. The zero-order chi connectivity index (χ0) is 26.0. The number of rotatable bonds is 12. The predicted molar refractivity (Wildman–Crippen MR) is 146 cm³/mol. The average molecular weight is 516 g/mol. The van der Waals surface area contributed by atoms with Gasteiger partial charge in [0.2, 0.25) is 0 Å². The van der Waals surface area contributed by atoms with E-state index in [9.17, 15) is 9.59 Å². The molecule has 0 aliphatic carbocycles. The Morgan fingerprint density at radius 2 is 1.70 bits per heavy atom. The van der Waals surface area contributed by atoms with Gasteiger partial charge in [-0.05, 0) is 41.8 Å². The summed E-state index contributed by atoms with van der Waals surface area (Å²) < 4.78 is 5.53. The van der Waals surface area contributed by atoms with Crippen molar-refractivity contribution < 1.29 is 19.4 Å². The second-order valence-corrected chi connectivity index (χ2v) is 9.31. The number of nitrogens with one attached hydrogen (secondary N) is 1. The van der Waals surface area contributed by atoms with Gasteiger partial charge in [-0.1, -0.05) is 54.6 Å². The summed E-state index contributed by atoms with van der Waals surface area (Å²) in [7, 11) is 1.66. The highest BCUT2D eigenvalue weighted by Crippen LogP contribution is 2.33. The average Bonchev–Trinajstić information content (AvgIpc) is 3.41.